The zero-order valence-corrected chi connectivity index (χ0v) is 16.0. The fourth-order valence-electron chi connectivity index (χ4n) is 2.86. The molecule has 0 bridgehead atoms. The first-order valence-electron chi connectivity index (χ1n) is 8.60. The average molecular weight is 398 g/mol. The summed E-state index contributed by atoms with van der Waals surface area (Å²) in [4.78, 5) is 5.30. The molecular weight excluding hydrogens is 375 g/mol. The van der Waals surface area contributed by atoms with Crippen molar-refractivity contribution in [1.29, 1.82) is 5.41 Å². The number of halogens is 1. The molecule has 1 saturated heterocycles. The van der Waals surface area contributed by atoms with Gasteiger partial charge in [-0.05, 0) is 23.8 Å². The van der Waals surface area contributed by atoms with Crippen LogP contribution >= 0.6 is 0 Å². The number of rotatable bonds is 6. The summed E-state index contributed by atoms with van der Waals surface area (Å²) < 4.78 is 37.3. The minimum atomic E-state index is -3.49. The van der Waals surface area contributed by atoms with Crippen LogP contribution in [0.15, 0.2) is 28.2 Å². The molecule has 0 radical (unpaired) electrons. The Morgan fingerprint density at radius 1 is 1.41 bits per heavy atom. The van der Waals surface area contributed by atoms with Crippen LogP contribution in [0.5, 0.6) is 0 Å². The van der Waals surface area contributed by atoms with E-state index in [1.165, 1.54) is 17.4 Å². The predicted molar refractivity (Wildman–Crippen MR) is 98.1 cm³/mol. The lowest BCUT2D eigenvalue weighted by atomic mass is 9.98. The molecule has 2 aliphatic heterocycles. The Labute approximate surface area is 157 Å². The number of sulfone groups is 1. The van der Waals surface area contributed by atoms with E-state index in [2.05, 4.69) is 16.0 Å². The fraction of sp³-hybridized carbons (Fsp3) is 0.500. The van der Waals surface area contributed by atoms with Gasteiger partial charge in [0.25, 0.3) is 0 Å². The molecule has 1 fully saturated rings. The van der Waals surface area contributed by atoms with E-state index in [0.717, 1.165) is 38.5 Å². The van der Waals surface area contributed by atoms with Crippen molar-refractivity contribution in [2.75, 3.05) is 32.4 Å². The molecule has 148 valence electrons. The second kappa shape index (κ2) is 7.89. The van der Waals surface area contributed by atoms with Crippen LogP contribution in [0.25, 0.3) is 0 Å². The molecule has 0 saturated carbocycles. The predicted octanol–water partition coefficient (Wildman–Crippen LogP) is 0.509. The summed E-state index contributed by atoms with van der Waals surface area (Å²) >= 11 is 0. The number of nitrogens with one attached hydrogen (secondary N) is 3. The third-order valence-corrected chi connectivity index (χ3v) is 5.52. The summed E-state index contributed by atoms with van der Waals surface area (Å²) in [7, 11) is -3.49. The maximum absolute atomic E-state index is 14.3. The topological polar surface area (TPSA) is 110 Å². The van der Waals surface area contributed by atoms with Gasteiger partial charge in [-0.1, -0.05) is 6.92 Å². The van der Waals surface area contributed by atoms with Gasteiger partial charge < -0.3 is 15.6 Å². The number of piperazine rings is 1. The van der Waals surface area contributed by atoms with Crippen molar-refractivity contribution in [3.05, 3.63) is 29.6 Å². The van der Waals surface area contributed by atoms with Crippen LogP contribution in [0.4, 0.5) is 4.39 Å². The van der Waals surface area contributed by atoms with Gasteiger partial charge in [0.05, 0.1) is 4.90 Å². The Hall–Kier alpha value is -2.08. The highest BCUT2D eigenvalue weighted by atomic mass is 32.2. The van der Waals surface area contributed by atoms with E-state index in [-0.39, 0.29) is 28.5 Å². The maximum atomic E-state index is 14.3. The second-order valence-corrected chi connectivity index (χ2v) is 8.64. The third-order valence-electron chi connectivity index (χ3n) is 4.41. The lowest BCUT2D eigenvalue weighted by Crippen LogP contribution is -2.53. The Morgan fingerprint density at radius 3 is 2.74 bits per heavy atom. The minimum Gasteiger partial charge on any atom is -0.369 e. The molecule has 3 rings (SSSR count). The monoisotopic (exact) mass is 398 g/mol. The number of hydrazine groups is 2. The van der Waals surface area contributed by atoms with Gasteiger partial charge in [0.15, 0.2) is 9.84 Å². The van der Waals surface area contributed by atoms with Crippen molar-refractivity contribution >= 4 is 21.4 Å². The summed E-state index contributed by atoms with van der Waals surface area (Å²) in [6, 6.07) is 3.58. The van der Waals surface area contributed by atoms with E-state index in [1.54, 1.807) is 0 Å². The van der Waals surface area contributed by atoms with E-state index in [0.29, 0.717) is 5.90 Å². The number of benzene rings is 1. The number of hydrogen-bond donors (Lipinski definition) is 3. The summed E-state index contributed by atoms with van der Waals surface area (Å²) in [5.74, 6) is -0.580. The Balaban J connectivity index is 1.65. The molecule has 0 unspecified atom stereocenters. The Bertz CT molecular complexity index is 854. The molecule has 0 amide bonds. The molecular formula is C16H23FN6O3S. The van der Waals surface area contributed by atoms with Gasteiger partial charge in [0.2, 0.25) is 5.90 Å². The largest absolute Gasteiger partial charge is 0.369 e. The number of nitrogens with zero attached hydrogens (tertiary/aromatic N) is 3. The van der Waals surface area contributed by atoms with Gasteiger partial charge in [-0.25, -0.2) is 12.8 Å². The molecule has 1 atom stereocenters. The molecule has 11 heteroatoms. The van der Waals surface area contributed by atoms with E-state index < -0.39 is 15.7 Å². The fourth-order valence-corrected chi connectivity index (χ4v) is 3.49. The normalized spacial score (nSPS) is 19.5. The van der Waals surface area contributed by atoms with Crippen molar-refractivity contribution in [2.24, 2.45) is 11.0 Å². The van der Waals surface area contributed by atoms with Crippen molar-refractivity contribution < 1.29 is 17.6 Å². The molecule has 9 nitrogen and oxygen atoms in total. The zero-order chi connectivity index (χ0) is 19.6. The lowest BCUT2D eigenvalue weighted by molar-refractivity contribution is -0.131. The Kier molecular flexibility index (Phi) is 5.75. The van der Waals surface area contributed by atoms with Crippen LogP contribution in [0.2, 0.25) is 0 Å². The number of hydrogen-bond acceptors (Lipinski definition) is 9. The summed E-state index contributed by atoms with van der Waals surface area (Å²) in [6.45, 7) is 5.11. The van der Waals surface area contributed by atoms with Crippen molar-refractivity contribution in [3.63, 3.8) is 0 Å². The number of hydrazone groups is 1. The van der Waals surface area contributed by atoms with Crippen molar-refractivity contribution in [1.82, 2.24) is 21.1 Å². The Morgan fingerprint density at radius 2 is 2.11 bits per heavy atom. The van der Waals surface area contributed by atoms with E-state index >= 15 is 0 Å². The first-order chi connectivity index (χ1) is 12.8. The first kappa shape index (κ1) is 19.7. The highest BCUT2D eigenvalue weighted by Crippen LogP contribution is 2.20. The van der Waals surface area contributed by atoms with Crippen LogP contribution in [0.3, 0.4) is 0 Å². The van der Waals surface area contributed by atoms with Crippen molar-refractivity contribution in [3.8, 4) is 0 Å². The van der Waals surface area contributed by atoms with Crippen LogP contribution in [0, 0.1) is 17.1 Å². The molecule has 1 aromatic carbocycles. The quantitative estimate of drug-likeness (QED) is 0.599. The average Bonchev–Trinajstić information content (AvgIpc) is 3.11. The highest BCUT2D eigenvalue weighted by molar-refractivity contribution is 7.90. The van der Waals surface area contributed by atoms with Gasteiger partial charge in [-0.3, -0.25) is 0 Å². The SMILES string of the molecule is C[C@@H](CC(=N)c1ccc(S(C)(=O)=O)cc1F)C1=NN(N2CCNCC2)NO1. The van der Waals surface area contributed by atoms with Gasteiger partial charge >= 0.3 is 0 Å². The third kappa shape index (κ3) is 4.61. The van der Waals surface area contributed by atoms with E-state index in [1.807, 2.05) is 11.9 Å². The zero-order valence-electron chi connectivity index (χ0n) is 15.2. The van der Waals surface area contributed by atoms with Gasteiger partial charge in [0, 0.05) is 56.0 Å². The second-order valence-electron chi connectivity index (χ2n) is 6.62. The van der Waals surface area contributed by atoms with Gasteiger partial charge in [-0.15, -0.1) is 10.3 Å². The molecule has 1 aromatic rings. The molecule has 0 spiro atoms. The van der Waals surface area contributed by atoms with Crippen LogP contribution in [-0.2, 0) is 14.7 Å². The summed E-state index contributed by atoms with van der Waals surface area (Å²) in [6.07, 6.45) is 1.21. The first-order valence-corrected chi connectivity index (χ1v) is 10.5. The smallest absolute Gasteiger partial charge is 0.239 e. The molecule has 2 aliphatic rings. The van der Waals surface area contributed by atoms with Crippen molar-refractivity contribution in [2.45, 2.75) is 18.2 Å². The van der Waals surface area contributed by atoms with E-state index in [9.17, 15) is 12.8 Å². The van der Waals surface area contributed by atoms with Gasteiger partial charge in [0.1, 0.15) is 5.82 Å². The van der Waals surface area contributed by atoms with Crippen LogP contribution < -0.4 is 10.9 Å². The van der Waals surface area contributed by atoms with E-state index in [4.69, 9.17) is 10.2 Å². The molecule has 27 heavy (non-hydrogen) atoms. The van der Waals surface area contributed by atoms with Crippen LogP contribution in [-0.4, -0.2) is 62.7 Å². The summed E-state index contributed by atoms with van der Waals surface area (Å²) in [5, 5.41) is 19.3. The molecule has 0 aromatic heterocycles. The molecule has 0 aliphatic carbocycles. The maximum Gasteiger partial charge on any atom is 0.239 e. The molecule has 2 heterocycles. The highest BCUT2D eigenvalue weighted by Gasteiger charge is 2.27. The van der Waals surface area contributed by atoms with Crippen LogP contribution in [0.1, 0.15) is 18.9 Å². The molecule has 3 N–H and O–H groups in total. The lowest BCUT2D eigenvalue weighted by Gasteiger charge is -2.31. The standard InChI is InChI=1S/C16H23FN6O3S/c1-11(16-20-23(21-26-16)22-7-5-19-6-8-22)9-15(18)13-4-3-12(10-14(13)17)27(2,24)25/h3-4,10-11,18-19,21H,5-9H2,1-2H3/t11-/m0/s1. The summed E-state index contributed by atoms with van der Waals surface area (Å²) in [5.41, 5.74) is 2.84. The van der Waals surface area contributed by atoms with Gasteiger partial charge in [-0.2, -0.15) is 5.01 Å². The minimum absolute atomic E-state index is 0.0481.